The Kier molecular flexibility index (Phi) is 7.25. The zero-order chi connectivity index (χ0) is 28.4. The summed E-state index contributed by atoms with van der Waals surface area (Å²) in [6, 6.07) is 15.9. The van der Waals surface area contributed by atoms with E-state index in [2.05, 4.69) is 32.6 Å². The Balaban J connectivity index is 1.39. The van der Waals surface area contributed by atoms with Crippen LogP contribution in [-0.4, -0.2) is 25.7 Å². The molecule has 0 aliphatic carbocycles. The number of fused-ring (bicyclic) bond motifs is 1. The van der Waals surface area contributed by atoms with E-state index in [1.165, 1.54) is 12.1 Å². The third kappa shape index (κ3) is 5.80. The van der Waals surface area contributed by atoms with Gasteiger partial charge >= 0.3 is 6.18 Å². The number of halogens is 3. The van der Waals surface area contributed by atoms with Crippen molar-refractivity contribution in [3.05, 3.63) is 102 Å². The molecule has 0 saturated heterocycles. The summed E-state index contributed by atoms with van der Waals surface area (Å²) >= 11 is 0. The highest BCUT2D eigenvalue weighted by molar-refractivity contribution is 5.94. The summed E-state index contributed by atoms with van der Waals surface area (Å²) in [5.41, 5.74) is 4.59. The van der Waals surface area contributed by atoms with Crippen molar-refractivity contribution in [1.29, 1.82) is 0 Å². The van der Waals surface area contributed by atoms with E-state index in [-0.39, 0.29) is 5.56 Å². The number of nitrogens with zero attached hydrogens (tertiary/aromatic N) is 4. The molecule has 0 spiro atoms. The van der Waals surface area contributed by atoms with Gasteiger partial charge in [-0.05, 0) is 72.0 Å². The van der Waals surface area contributed by atoms with Gasteiger partial charge in [-0.3, -0.25) is 9.48 Å². The van der Waals surface area contributed by atoms with Crippen molar-refractivity contribution in [3.63, 3.8) is 0 Å². The lowest BCUT2D eigenvalue weighted by Gasteiger charge is -2.18. The number of alkyl halides is 3. The molecule has 10 heteroatoms. The summed E-state index contributed by atoms with van der Waals surface area (Å²) in [6.07, 6.45) is 1.56. The van der Waals surface area contributed by atoms with Crippen LogP contribution in [0, 0.1) is 0 Å². The number of hydrogen-bond donors (Lipinski definition) is 2. The zero-order valence-corrected chi connectivity index (χ0v) is 22.1. The fraction of sp³-hybridized carbons (Fsp3) is 0.200. The van der Waals surface area contributed by atoms with Gasteiger partial charge in [0.05, 0.1) is 29.0 Å². The van der Waals surface area contributed by atoms with Crippen molar-refractivity contribution in [2.45, 2.75) is 32.5 Å². The fourth-order valence-electron chi connectivity index (χ4n) is 4.52. The molecule has 0 aliphatic heterocycles. The molecule has 0 radical (unpaired) electrons. The number of anilines is 2. The van der Waals surface area contributed by atoms with Crippen LogP contribution in [0.5, 0.6) is 0 Å². The Morgan fingerprint density at radius 2 is 1.88 bits per heavy atom. The number of aryl methyl sites for hydroxylation is 2. The molecular formula is C30H27F3N6O. The second-order valence-electron chi connectivity index (χ2n) is 9.54. The number of aromatic nitrogens is 4. The average Bonchev–Trinajstić information content (AvgIpc) is 3.36. The zero-order valence-electron chi connectivity index (χ0n) is 22.1. The molecule has 2 N–H and O–H groups in total. The van der Waals surface area contributed by atoms with E-state index >= 15 is 0 Å². The number of rotatable bonds is 7. The molecule has 5 aromatic rings. The van der Waals surface area contributed by atoms with Gasteiger partial charge in [-0.1, -0.05) is 31.2 Å². The predicted molar refractivity (Wildman–Crippen MR) is 148 cm³/mol. The molecule has 0 aliphatic rings. The highest BCUT2D eigenvalue weighted by atomic mass is 19.4. The van der Waals surface area contributed by atoms with Crippen molar-refractivity contribution >= 4 is 28.4 Å². The van der Waals surface area contributed by atoms with Crippen LogP contribution < -0.4 is 10.6 Å². The van der Waals surface area contributed by atoms with E-state index in [1.54, 1.807) is 24.0 Å². The quantitative estimate of drug-likeness (QED) is 0.234. The van der Waals surface area contributed by atoms with Crippen molar-refractivity contribution in [1.82, 2.24) is 25.1 Å². The summed E-state index contributed by atoms with van der Waals surface area (Å²) in [5, 5.41) is 11.0. The maximum absolute atomic E-state index is 13.1. The molecule has 0 fully saturated rings. The first-order chi connectivity index (χ1) is 19.1. The second-order valence-corrected chi connectivity index (χ2v) is 9.54. The van der Waals surface area contributed by atoms with Gasteiger partial charge in [0.1, 0.15) is 0 Å². The van der Waals surface area contributed by atoms with E-state index in [9.17, 15) is 18.0 Å². The number of hydrogen-bond acceptors (Lipinski definition) is 5. The fourth-order valence-corrected chi connectivity index (χ4v) is 4.52. The molecule has 0 saturated carbocycles. The van der Waals surface area contributed by atoms with E-state index in [4.69, 9.17) is 0 Å². The standard InChI is InChI=1S/C30H27F3N6O/c1-4-19-8-9-20(18(2)36-28(40)22-6-5-7-24(13-22)30(31,32)33)14-26(19)21-10-11-27-23(12-21)15-34-29(38-27)37-25-16-35-39(3)17-25/h5-18H,4H2,1-3H3,(H,36,40)(H,34,37,38). The Labute approximate surface area is 229 Å². The van der Waals surface area contributed by atoms with Crippen LogP contribution in [0.3, 0.4) is 0 Å². The van der Waals surface area contributed by atoms with Gasteiger partial charge in [0.15, 0.2) is 0 Å². The minimum absolute atomic E-state index is 0.0426. The lowest BCUT2D eigenvalue weighted by molar-refractivity contribution is -0.137. The third-order valence-corrected chi connectivity index (χ3v) is 6.67. The molecule has 7 nitrogen and oxygen atoms in total. The number of carbonyl (C=O) groups is 1. The van der Waals surface area contributed by atoms with Crippen molar-refractivity contribution in [3.8, 4) is 11.1 Å². The Morgan fingerprint density at radius 1 is 1.05 bits per heavy atom. The predicted octanol–water partition coefficient (Wildman–Crippen LogP) is 6.85. The van der Waals surface area contributed by atoms with Gasteiger partial charge in [0.25, 0.3) is 5.91 Å². The highest BCUT2D eigenvalue weighted by Crippen LogP contribution is 2.32. The maximum atomic E-state index is 13.1. The minimum atomic E-state index is -4.52. The van der Waals surface area contributed by atoms with E-state index < -0.39 is 23.7 Å². The lowest BCUT2D eigenvalue weighted by Crippen LogP contribution is -2.27. The Bertz CT molecular complexity index is 1700. The molecule has 1 unspecified atom stereocenters. The molecule has 0 bridgehead atoms. The number of nitrogens with one attached hydrogen (secondary N) is 2. The van der Waals surface area contributed by atoms with Gasteiger partial charge in [-0.15, -0.1) is 0 Å². The van der Waals surface area contributed by atoms with Crippen LogP contribution in [-0.2, 0) is 19.6 Å². The van der Waals surface area contributed by atoms with Crippen LogP contribution in [0.2, 0.25) is 0 Å². The normalized spacial score (nSPS) is 12.3. The van der Waals surface area contributed by atoms with Gasteiger partial charge in [0, 0.05) is 30.4 Å². The summed E-state index contributed by atoms with van der Waals surface area (Å²) in [5.74, 6) is -0.104. The first-order valence-electron chi connectivity index (χ1n) is 12.7. The molecule has 204 valence electrons. The first-order valence-corrected chi connectivity index (χ1v) is 12.7. The average molecular weight is 545 g/mol. The first kappa shape index (κ1) is 26.9. The van der Waals surface area contributed by atoms with Gasteiger partial charge in [0.2, 0.25) is 5.95 Å². The summed E-state index contributed by atoms with van der Waals surface area (Å²) < 4.78 is 41.0. The minimum Gasteiger partial charge on any atom is -0.346 e. The van der Waals surface area contributed by atoms with Crippen molar-refractivity contribution in [2.75, 3.05) is 5.32 Å². The molecule has 2 heterocycles. The molecule has 2 aromatic heterocycles. The largest absolute Gasteiger partial charge is 0.416 e. The number of benzene rings is 3. The molecule has 1 atom stereocenters. The summed E-state index contributed by atoms with van der Waals surface area (Å²) in [7, 11) is 1.83. The van der Waals surface area contributed by atoms with Gasteiger partial charge < -0.3 is 10.6 Å². The molecule has 5 rings (SSSR count). The topological polar surface area (TPSA) is 84.7 Å². The van der Waals surface area contributed by atoms with Crippen LogP contribution in [0.25, 0.3) is 22.0 Å². The molecule has 40 heavy (non-hydrogen) atoms. The van der Waals surface area contributed by atoms with Crippen LogP contribution >= 0.6 is 0 Å². The lowest BCUT2D eigenvalue weighted by atomic mass is 9.93. The monoisotopic (exact) mass is 544 g/mol. The SMILES string of the molecule is CCc1ccc(C(C)NC(=O)c2cccc(C(F)(F)F)c2)cc1-c1ccc2nc(Nc3cnn(C)c3)ncc2c1. The molecule has 1 amide bonds. The number of carbonyl (C=O) groups excluding carboxylic acids is 1. The molecule has 3 aromatic carbocycles. The van der Waals surface area contributed by atoms with Crippen LogP contribution in [0.1, 0.15) is 46.9 Å². The van der Waals surface area contributed by atoms with E-state index in [0.29, 0.717) is 5.95 Å². The van der Waals surface area contributed by atoms with E-state index in [1.807, 2.05) is 49.6 Å². The summed E-state index contributed by atoms with van der Waals surface area (Å²) in [4.78, 5) is 21.8. The summed E-state index contributed by atoms with van der Waals surface area (Å²) in [6.45, 7) is 3.87. The smallest absolute Gasteiger partial charge is 0.346 e. The van der Waals surface area contributed by atoms with Crippen molar-refractivity contribution < 1.29 is 18.0 Å². The third-order valence-electron chi connectivity index (χ3n) is 6.67. The van der Waals surface area contributed by atoms with Crippen molar-refractivity contribution in [2.24, 2.45) is 7.05 Å². The number of amides is 1. The Hall–Kier alpha value is -4.73. The van der Waals surface area contributed by atoms with Crippen LogP contribution in [0.15, 0.2) is 79.3 Å². The molecular weight excluding hydrogens is 517 g/mol. The van der Waals surface area contributed by atoms with Gasteiger partial charge in [-0.25, -0.2) is 9.97 Å². The van der Waals surface area contributed by atoms with Gasteiger partial charge in [-0.2, -0.15) is 18.3 Å². The highest BCUT2D eigenvalue weighted by Gasteiger charge is 2.31. The Morgan fingerprint density at radius 3 is 2.60 bits per heavy atom. The van der Waals surface area contributed by atoms with Crippen LogP contribution in [0.4, 0.5) is 24.8 Å². The maximum Gasteiger partial charge on any atom is 0.416 e. The second kappa shape index (κ2) is 10.8. The van der Waals surface area contributed by atoms with E-state index in [0.717, 1.165) is 57.4 Å².